The fraction of sp³-hybridized carbons (Fsp3) is 0.154. The number of aromatic nitrogens is 3. The third kappa shape index (κ3) is 3.96. The molecule has 0 aliphatic carbocycles. The Hall–Kier alpha value is -3.71. The number of benzene rings is 2. The van der Waals surface area contributed by atoms with E-state index in [0.29, 0.717) is 17.3 Å². The third-order valence-electron chi connectivity index (χ3n) is 5.73. The Morgan fingerprint density at radius 2 is 1.85 bits per heavy atom. The molecule has 33 heavy (non-hydrogen) atoms. The molecule has 2 aromatic carbocycles. The van der Waals surface area contributed by atoms with Crippen molar-refractivity contribution in [3.63, 3.8) is 0 Å². The Morgan fingerprint density at radius 3 is 2.64 bits per heavy atom. The molecule has 0 bridgehead atoms. The van der Waals surface area contributed by atoms with E-state index in [2.05, 4.69) is 21.0 Å². The highest BCUT2D eigenvalue weighted by Crippen LogP contribution is 2.39. The molecule has 3 aromatic heterocycles. The van der Waals surface area contributed by atoms with E-state index in [-0.39, 0.29) is 5.75 Å². The Kier molecular flexibility index (Phi) is 5.34. The molecule has 6 nitrogen and oxygen atoms in total. The second-order valence-electron chi connectivity index (χ2n) is 7.97. The highest BCUT2D eigenvalue weighted by atomic mass is 32.2. The molecule has 0 unspecified atom stereocenters. The molecule has 0 saturated carbocycles. The number of nitrogens with zero attached hydrogens (tertiary/aromatic N) is 2. The van der Waals surface area contributed by atoms with Crippen molar-refractivity contribution in [3.8, 4) is 16.9 Å². The van der Waals surface area contributed by atoms with Crippen molar-refractivity contribution in [2.24, 2.45) is 0 Å². The summed E-state index contributed by atoms with van der Waals surface area (Å²) >= 11 is 0. The van der Waals surface area contributed by atoms with Crippen LogP contribution in [0, 0.1) is 6.92 Å². The van der Waals surface area contributed by atoms with Gasteiger partial charge in [-0.05, 0) is 71.6 Å². The maximum Gasteiger partial charge on any atom is 0.178 e. The SMILES string of the molecule is CCS(=O)(=O)c1cccc(-c2ccc(OCc3ccncc3)c3[nH]c4ncc(C)cc4c23)c1. The first-order valence-corrected chi connectivity index (χ1v) is 12.4. The first-order chi connectivity index (χ1) is 16.0. The predicted octanol–water partition coefficient (Wildman–Crippen LogP) is 5.46. The summed E-state index contributed by atoms with van der Waals surface area (Å²) in [6, 6.07) is 16.9. The molecule has 0 atom stereocenters. The monoisotopic (exact) mass is 457 g/mol. The molecular weight excluding hydrogens is 434 g/mol. The van der Waals surface area contributed by atoms with E-state index >= 15 is 0 Å². The quantitative estimate of drug-likeness (QED) is 0.366. The van der Waals surface area contributed by atoms with Crippen LogP contribution in [0.3, 0.4) is 0 Å². The lowest BCUT2D eigenvalue weighted by atomic mass is 9.99. The number of H-pyrrole nitrogens is 1. The molecule has 0 aliphatic heterocycles. The molecule has 0 radical (unpaired) electrons. The summed E-state index contributed by atoms with van der Waals surface area (Å²) in [5.41, 5.74) is 5.41. The maximum absolute atomic E-state index is 12.5. The standard InChI is InChI=1S/C26H23N3O3S/c1-3-33(30,31)20-6-4-5-19(14-20)21-7-8-23(32-16-18-9-11-27-12-10-18)25-24(21)22-13-17(2)15-28-26(22)29-25/h4-15H,3,16H2,1-2H3,(H,28,29). The molecule has 0 aliphatic rings. The van der Waals surface area contributed by atoms with Gasteiger partial charge in [0, 0.05) is 29.4 Å². The van der Waals surface area contributed by atoms with Crippen LogP contribution >= 0.6 is 0 Å². The fourth-order valence-corrected chi connectivity index (χ4v) is 4.92. The predicted molar refractivity (Wildman–Crippen MR) is 130 cm³/mol. The van der Waals surface area contributed by atoms with Crippen LogP contribution in [0.1, 0.15) is 18.1 Å². The van der Waals surface area contributed by atoms with Crippen molar-refractivity contribution >= 4 is 31.8 Å². The summed E-state index contributed by atoms with van der Waals surface area (Å²) in [5.74, 6) is 0.766. The van der Waals surface area contributed by atoms with E-state index in [1.165, 1.54) is 0 Å². The van der Waals surface area contributed by atoms with Gasteiger partial charge >= 0.3 is 0 Å². The number of fused-ring (bicyclic) bond motifs is 3. The van der Waals surface area contributed by atoms with E-state index in [1.807, 2.05) is 43.5 Å². The van der Waals surface area contributed by atoms with Crippen LogP contribution in [0.25, 0.3) is 33.1 Å². The van der Waals surface area contributed by atoms with Crippen LogP contribution in [0.15, 0.2) is 78.1 Å². The number of hydrogen-bond acceptors (Lipinski definition) is 5. The number of ether oxygens (including phenoxy) is 1. The first kappa shape index (κ1) is 21.2. The van der Waals surface area contributed by atoms with Crippen LogP contribution in [0.4, 0.5) is 0 Å². The number of aryl methyl sites for hydroxylation is 1. The minimum atomic E-state index is -3.32. The van der Waals surface area contributed by atoms with Gasteiger partial charge in [-0.3, -0.25) is 4.98 Å². The van der Waals surface area contributed by atoms with Gasteiger partial charge in [-0.1, -0.05) is 19.1 Å². The van der Waals surface area contributed by atoms with Crippen molar-refractivity contribution in [2.75, 3.05) is 5.75 Å². The smallest absolute Gasteiger partial charge is 0.178 e. The van der Waals surface area contributed by atoms with Crippen molar-refractivity contribution in [1.82, 2.24) is 15.0 Å². The number of rotatable bonds is 6. The minimum Gasteiger partial charge on any atom is -0.487 e. The zero-order valence-electron chi connectivity index (χ0n) is 18.4. The van der Waals surface area contributed by atoms with E-state index in [9.17, 15) is 8.42 Å². The molecule has 7 heteroatoms. The van der Waals surface area contributed by atoms with Crippen molar-refractivity contribution in [3.05, 3.63) is 84.3 Å². The largest absolute Gasteiger partial charge is 0.487 e. The van der Waals surface area contributed by atoms with Gasteiger partial charge in [-0.25, -0.2) is 13.4 Å². The molecule has 1 N–H and O–H groups in total. The first-order valence-electron chi connectivity index (χ1n) is 10.7. The van der Waals surface area contributed by atoms with Crippen LogP contribution in [-0.2, 0) is 16.4 Å². The maximum atomic E-state index is 12.5. The van der Waals surface area contributed by atoms with Gasteiger partial charge in [0.15, 0.2) is 9.84 Å². The van der Waals surface area contributed by atoms with E-state index < -0.39 is 9.84 Å². The number of hydrogen-bond donors (Lipinski definition) is 1. The molecule has 0 amide bonds. The molecule has 0 saturated heterocycles. The van der Waals surface area contributed by atoms with Gasteiger partial charge in [-0.15, -0.1) is 0 Å². The molecule has 166 valence electrons. The second-order valence-corrected chi connectivity index (χ2v) is 10.2. The third-order valence-corrected chi connectivity index (χ3v) is 7.46. The number of nitrogens with one attached hydrogen (secondary N) is 1. The fourth-order valence-electron chi connectivity index (χ4n) is 3.99. The zero-order valence-corrected chi connectivity index (χ0v) is 19.2. The lowest BCUT2D eigenvalue weighted by molar-refractivity contribution is 0.309. The summed E-state index contributed by atoms with van der Waals surface area (Å²) in [5, 5.41) is 1.93. The molecular formula is C26H23N3O3S. The molecule has 5 aromatic rings. The summed E-state index contributed by atoms with van der Waals surface area (Å²) in [4.78, 5) is 12.3. The van der Waals surface area contributed by atoms with E-state index in [4.69, 9.17) is 4.74 Å². The highest BCUT2D eigenvalue weighted by Gasteiger charge is 2.18. The molecule has 0 spiro atoms. The highest BCUT2D eigenvalue weighted by molar-refractivity contribution is 7.91. The van der Waals surface area contributed by atoms with Crippen LogP contribution in [0.5, 0.6) is 5.75 Å². The summed E-state index contributed by atoms with van der Waals surface area (Å²) in [6.45, 7) is 4.06. The second kappa shape index (κ2) is 8.33. The Balaban J connectivity index is 1.70. The van der Waals surface area contributed by atoms with Gasteiger partial charge in [0.2, 0.25) is 0 Å². The van der Waals surface area contributed by atoms with Crippen molar-refractivity contribution in [1.29, 1.82) is 0 Å². The van der Waals surface area contributed by atoms with E-state index in [0.717, 1.165) is 44.2 Å². The average molecular weight is 458 g/mol. The zero-order chi connectivity index (χ0) is 23.0. The van der Waals surface area contributed by atoms with Gasteiger partial charge in [-0.2, -0.15) is 0 Å². The Morgan fingerprint density at radius 1 is 1.03 bits per heavy atom. The van der Waals surface area contributed by atoms with Gasteiger partial charge in [0.25, 0.3) is 0 Å². The summed E-state index contributed by atoms with van der Waals surface area (Å²) in [7, 11) is -3.32. The van der Waals surface area contributed by atoms with Gasteiger partial charge in [0.1, 0.15) is 18.0 Å². The number of pyridine rings is 2. The van der Waals surface area contributed by atoms with Crippen molar-refractivity contribution in [2.45, 2.75) is 25.3 Å². The number of aromatic amines is 1. The average Bonchev–Trinajstić information content (AvgIpc) is 3.22. The van der Waals surface area contributed by atoms with Crippen LogP contribution < -0.4 is 4.74 Å². The topological polar surface area (TPSA) is 84.9 Å². The number of sulfone groups is 1. The Bertz CT molecular complexity index is 1580. The van der Waals surface area contributed by atoms with Gasteiger partial charge < -0.3 is 9.72 Å². The minimum absolute atomic E-state index is 0.0594. The normalized spacial score (nSPS) is 11.8. The van der Waals surface area contributed by atoms with Crippen molar-refractivity contribution < 1.29 is 13.2 Å². The lowest BCUT2D eigenvalue weighted by Gasteiger charge is -2.12. The Labute approximate surface area is 192 Å². The summed E-state index contributed by atoms with van der Waals surface area (Å²) in [6.07, 6.45) is 5.30. The lowest BCUT2D eigenvalue weighted by Crippen LogP contribution is -2.03. The van der Waals surface area contributed by atoms with E-state index in [1.54, 1.807) is 37.5 Å². The van der Waals surface area contributed by atoms with Gasteiger partial charge in [0.05, 0.1) is 16.2 Å². The van der Waals surface area contributed by atoms with Crippen LogP contribution in [-0.4, -0.2) is 29.1 Å². The molecule has 5 rings (SSSR count). The van der Waals surface area contributed by atoms with Crippen LogP contribution in [0.2, 0.25) is 0 Å². The summed E-state index contributed by atoms with van der Waals surface area (Å²) < 4.78 is 31.1. The molecule has 3 heterocycles. The molecule has 0 fully saturated rings.